The van der Waals surface area contributed by atoms with Gasteiger partial charge in [0.1, 0.15) is 5.75 Å². The summed E-state index contributed by atoms with van der Waals surface area (Å²) >= 11 is 3.52. The molecule has 2 aromatic rings. The Morgan fingerprint density at radius 2 is 1.29 bits per heavy atom. The first-order valence-electron chi connectivity index (χ1n) is 8.10. The Morgan fingerprint density at radius 3 is 1.75 bits per heavy atom. The van der Waals surface area contributed by atoms with Crippen LogP contribution in [0.4, 0.5) is 0 Å². The van der Waals surface area contributed by atoms with Crippen molar-refractivity contribution in [2.75, 3.05) is 0 Å². The molecule has 0 atom stereocenters. The van der Waals surface area contributed by atoms with E-state index in [2.05, 4.69) is 81.7 Å². The van der Waals surface area contributed by atoms with Crippen LogP contribution in [0.25, 0.3) is 11.1 Å². The fourth-order valence-corrected chi connectivity index (χ4v) is 2.99. The van der Waals surface area contributed by atoms with Gasteiger partial charge in [-0.1, -0.05) is 75.7 Å². The molecule has 24 heavy (non-hydrogen) atoms. The van der Waals surface area contributed by atoms with Crippen LogP contribution in [-0.2, 0) is 10.8 Å². The molecule has 0 fully saturated rings. The predicted molar refractivity (Wildman–Crippen MR) is 106 cm³/mol. The summed E-state index contributed by atoms with van der Waals surface area (Å²) in [7, 11) is 0.706. The van der Waals surface area contributed by atoms with E-state index in [1.54, 1.807) is 0 Å². The number of benzene rings is 2. The summed E-state index contributed by atoms with van der Waals surface area (Å²) in [5.74, 6) is 0.598. The van der Waals surface area contributed by atoms with Crippen molar-refractivity contribution in [3.05, 3.63) is 52.0 Å². The first kappa shape index (κ1) is 19.1. The van der Waals surface area contributed by atoms with Gasteiger partial charge in [-0.25, -0.2) is 0 Å². The molecular weight excluding hydrogens is 363 g/mol. The van der Waals surface area contributed by atoms with E-state index in [0.29, 0.717) is 13.4 Å². The molecule has 0 unspecified atom stereocenters. The minimum Gasteiger partial charge on any atom is -0.537 e. The summed E-state index contributed by atoms with van der Waals surface area (Å²) in [6.07, 6.45) is 0. The average molecular weight is 388 g/mol. The maximum atomic E-state index is 8.91. The Morgan fingerprint density at radius 1 is 0.792 bits per heavy atom. The molecule has 0 saturated carbocycles. The van der Waals surface area contributed by atoms with E-state index < -0.39 is 0 Å². The highest BCUT2D eigenvalue weighted by Crippen LogP contribution is 2.36. The minimum atomic E-state index is 0.0697. The van der Waals surface area contributed by atoms with Crippen molar-refractivity contribution in [2.45, 2.75) is 52.4 Å². The summed E-state index contributed by atoms with van der Waals surface area (Å²) in [6.45, 7) is 13.4. The molecule has 0 saturated heterocycles. The predicted octanol–water partition coefficient (Wildman–Crippen LogP) is 5.62. The van der Waals surface area contributed by atoms with Gasteiger partial charge in [0.25, 0.3) is 0 Å². The van der Waals surface area contributed by atoms with Gasteiger partial charge in [-0.15, -0.1) is 0 Å². The molecule has 127 valence electrons. The summed E-state index contributed by atoms with van der Waals surface area (Å²) in [4.78, 5) is 0. The molecule has 0 amide bonds. The zero-order chi connectivity index (χ0) is 18.1. The van der Waals surface area contributed by atoms with Crippen LogP contribution in [0.15, 0.2) is 40.9 Å². The molecule has 0 aliphatic rings. The Bertz CT molecular complexity index is 695. The normalized spacial score (nSPS) is 12.2. The van der Waals surface area contributed by atoms with Crippen LogP contribution in [-0.4, -0.2) is 12.7 Å². The van der Waals surface area contributed by atoms with Gasteiger partial charge in [-0.2, -0.15) is 0 Å². The molecule has 1 N–H and O–H groups in total. The Labute approximate surface area is 154 Å². The molecule has 0 aliphatic heterocycles. The van der Waals surface area contributed by atoms with Crippen molar-refractivity contribution in [1.82, 2.24) is 0 Å². The number of hydrogen-bond acceptors (Lipinski definition) is 2. The minimum absolute atomic E-state index is 0.0697. The van der Waals surface area contributed by atoms with Gasteiger partial charge in [-0.05, 0) is 51.3 Å². The third-order valence-corrected chi connectivity index (χ3v) is 4.52. The van der Waals surface area contributed by atoms with Crippen molar-refractivity contribution in [3.8, 4) is 16.9 Å². The fraction of sp³-hybridized carbons (Fsp3) is 0.400. The van der Waals surface area contributed by atoms with Crippen molar-refractivity contribution in [3.63, 3.8) is 0 Å². The molecule has 0 heterocycles. The second kappa shape index (κ2) is 6.93. The van der Waals surface area contributed by atoms with Crippen LogP contribution in [0.2, 0.25) is 0 Å². The van der Waals surface area contributed by atoms with Crippen LogP contribution in [0, 0.1) is 0 Å². The lowest BCUT2D eigenvalue weighted by Gasteiger charge is -2.26. The van der Waals surface area contributed by atoms with Crippen molar-refractivity contribution in [1.29, 1.82) is 0 Å². The molecule has 0 aliphatic carbocycles. The highest BCUT2D eigenvalue weighted by atomic mass is 79.9. The van der Waals surface area contributed by atoms with Crippen LogP contribution < -0.4 is 4.65 Å². The quantitative estimate of drug-likeness (QED) is 0.692. The standard InChI is InChI=1S/C20H25BBrO2/c1-19(2,3)15-7-13(8-16(11-15)20(4,5)6)14-9-17(22)12-18(10-14)24-21-23/h7-12,23H,1-6H3. The lowest BCUT2D eigenvalue weighted by atomic mass is 9.79. The zero-order valence-electron chi connectivity index (χ0n) is 15.3. The Balaban J connectivity index is 2.65. The van der Waals surface area contributed by atoms with Crippen LogP contribution >= 0.6 is 15.9 Å². The molecule has 2 nitrogen and oxygen atoms in total. The summed E-state index contributed by atoms with van der Waals surface area (Å²) in [6, 6.07) is 12.6. The van der Waals surface area contributed by atoms with Gasteiger partial charge in [0.15, 0.2) is 0 Å². The number of hydrogen-bond donors (Lipinski definition) is 1. The average Bonchev–Trinajstić information content (AvgIpc) is 2.44. The van der Waals surface area contributed by atoms with Gasteiger partial charge in [-0.3, -0.25) is 0 Å². The third-order valence-electron chi connectivity index (χ3n) is 4.06. The van der Waals surface area contributed by atoms with Gasteiger partial charge in [0.2, 0.25) is 0 Å². The maximum absolute atomic E-state index is 8.91. The molecule has 0 aromatic heterocycles. The molecule has 2 rings (SSSR count). The van der Waals surface area contributed by atoms with Crippen molar-refractivity contribution in [2.24, 2.45) is 0 Å². The van der Waals surface area contributed by atoms with E-state index in [1.165, 1.54) is 11.1 Å². The lowest BCUT2D eigenvalue weighted by molar-refractivity contribution is 0.454. The van der Waals surface area contributed by atoms with E-state index >= 15 is 0 Å². The summed E-state index contributed by atoms with van der Waals surface area (Å²) in [5.41, 5.74) is 4.96. The Hall–Kier alpha value is -1.26. The molecule has 0 spiro atoms. The number of halogens is 1. The highest BCUT2D eigenvalue weighted by Gasteiger charge is 2.21. The SMILES string of the molecule is CC(C)(C)c1cc(-c2cc(Br)cc(O[B]O)c2)cc(C(C)(C)C)c1. The number of rotatable bonds is 3. The molecule has 0 bridgehead atoms. The van der Waals surface area contributed by atoms with E-state index in [9.17, 15) is 0 Å². The second-order valence-corrected chi connectivity index (χ2v) is 9.11. The van der Waals surface area contributed by atoms with E-state index in [4.69, 9.17) is 9.68 Å². The summed E-state index contributed by atoms with van der Waals surface area (Å²) in [5, 5.41) is 8.91. The fourth-order valence-electron chi connectivity index (χ4n) is 2.52. The van der Waals surface area contributed by atoms with Crippen LogP contribution in [0.3, 0.4) is 0 Å². The Kier molecular flexibility index (Phi) is 5.51. The smallest absolute Gasteiger partial charge is 0.537 e. The van der Waals surface area contributed by atoms with Gasteiger partial charge in [0.05, 0.1) is 0 Å². The van der Waals surface area contributed by atoms with Crippen LogP contribution in [0.5, 0.6) is 5.75 Å². The monoisotopic (exact) mass is 387 g/mol. The second-order valence-electron chi connectivity index (χ2n) is 8.20. The van der Waals surface area contributed by atoms with Gasteiger partial charge < -0.3 is 9.68 Å². The van der Waals surface area contributed by atoms with E-state index in [1.807, 2.05) is 12.1 Å². The maximum Gasteiger partial charge on any atom is 0.569 e. The molecule has 2 aromatic carbocycles. The van der Waals surface area contributed by atoms with Crippen molar-refractivity contribution >= 4 is 23.6 Å². The summed E-state index contributed by atoms with van der Waals surface area (Å²) < 4.78 is 6.06. The molecule has 1 radical (unpaired) electrons. The molecular formula is C20H25BBrO2. The molecule has 4 heteroatoms. The topological polar surface area (TPSA) is 29.5 Å². The first-order chi connectivity index (χ1) is 11.0. The van der Waals surface area contributed by atoms with Gasteiger partial charge >= 0.3 is 7.69 Å². The first-order valence-corrected chi connectivity index (χ1v) is 8.89. The van der Waals surface area contributed by atoms with Crippen LogP contribution in [0.1, 0.15) is 52.7 Å². The third kappa shape index (κ3) is 4.64. The highest BCUT2D eigenvalue weighted by molar-refractivity contribution is 9.10. The van der Waals surface area contributed by atoms with E-state index in [-0.39, 0.29) is 10.8 Å². The largest absolute Gasteiger partial charge is 0.569 e. The van der Waals surface area contributed by atoms with E-state index in [0.717, 1.165) is 15.6 Å². The lowest BCUT2D eigenvalue weighted by Crippen LogP contribution is -2.16. The van der Waals surface area contributed by atoms with Gasteiger partial charge in [0, 0.05) is 4.47 Å². The van der Waals surface area contributed by atoms with Crippen molar-refractivity contribution < 1.29 is 9.68 Å². The zero-order valence-corrected chi connectivity index (χ0v) is 16.9.